The number of rotatable bonds is 7. The predicted molar refractivity (Wildman–Crippen MR) is 109 cm³/mol. The fraction of sp³-hybridized carbons (Fsp3) is 0.182. The second-order valence-corrected chi connectivity index (χ2v) is 6.78. The average Bonchev–Trinajstić information content (AvgIpc) is 3.40. The van der Waals surface area contributed by atoms with E-state index in [0.717, 1.165) is 11.3 Å². The molecule has 0 spiro atoms. The number of imide groups is 1. The van der Waals surface area contributed by atoms with Crippen LogP contribution in [0.3, 0.4) is 0 Å². The van der Waals surface area contributed by atoms with E-state index >= 15 is 0 Å². The third-order valence-corrected chi connectivity index (χ3v) is 4.46. The van der Waals surface area contributed by atoms with E-state index < -0.39 is 11.9 Å². The first-order valence-electron chi connectivity index (χ1n) is 9.45. The van der Waals surface area contributed by atoms with Crippen LogP contribution < -0.4 is 20.1 Å². The Morgan fingerprint density at radius 1 is 0.933 bits per heavy atom. The highest BCUT2D eigenvalue weighted by Gasteiger charge is 2.17. The van der Waals surface area contributed by atoms with Crippen LogP contribution in [0.4, 0.5) is 10.5 Å². The summed E-state index contributed by atoms with van der Waals surface area (Å²) in [6.07, 6.45) is 1.59. The van der Waals surface area contributed by atoms with Crippen molar-refractivity contribution in [3.8, 4) is 11.5 Å². The second kappa shape index (κ2) is 9.15. The summed E-state index contributed by atoms with van der Waals surface area (Å²) in [5.41, 5.74) is 1.56. The number of anilines is 1. The topological polar surface area (TPSA) is 93.0 Å². The largest absolute Gasteiger partial charge is 0.468 e. The van der Waals surface area contributed by atoms with Gasteiger partial charge in [0.2, 0.25) is 12.7 Å². The van der Waals surface area contributed by atoms with Crippen molar-refractivity contribution in [3.05, 3.63) is 78.3 Å². The lowest BCUT2D eigenvalue weighted by Gasteiger charge is -2.20. The zero-order valence-corrected chi connectivity index (χ0v) is 16.2. The minimum atomic E-state index is -0.614. The van der Waals surface area contributed by atoms with E-state index in [-0.39, 0.29) is 13.3 Å². The lowest BCUT2D eigenvalue weighted by molar-refractivity contribution is -0.121. The maximum atomic E-state index is 12.5. The summed E-state index contributed by atoms with van der Waals surface area (Å²) in [4.78, 5) is 26.6. The number of nitrogens with zero attached hydrogens (tertiary/aromatic N) is 1. The van der Waals surface area contributed by atoms with Gasteiger partial charge >= 0.3 is 6.03 Å². The molecule has 0 bridgehead atoms. The number of hydrogen-bond donors (Lipinski definition) is 2. The fourth-order valence-corrected chi connectivity index (χ4v) is 3.14. The normalized spacial score (nSPS) is 12.0. The molecule has 0 radical (unpaired) electrons. The summed E-state index contributed by atoms with van der Waals surface area (Å²) < 4.78 is 15.9. The van der Waals surface area contributed by atoms with E-state index in [9.17, 15) is 9.59 Å². The van der Waals surface area contributed by atoms with Crippen LogP contribution in [-0.2, 0) is 17.9 Å². The Labute approximate surface area is 173 Å². The first-order chi connectivity index (χ1) is 14.7. The van der Waals surface area contributed by atoms with Gasteiger partial charge in [0.25, 0.3) is 0 Å². The molecule has 0 saturated heterocycles. The van der Waals surface area contributed by atoms with Crippen LogP contribution in [0.1, 0.15) is 11.3 Å². The minimum Gasteiger partial charge on any atom is -0.468 e. The molecule has 0 aliphatic carbocycles. The standard InChI is InChI=1S/C22H21N3O5/c26-21(24-22(27)23-17-8-9-19-20(11-17)30-15-29-19)14-25(13-18-7-4-10-28-18)12-16-5-2-1-3-6-16/h1-11H,12-15H2,(H2,23,24,26,27). The van der Waals surface area contributed by atoms with Crippen LogP contribution in [0.2, 0.25) is 0 Å². The van der Waals surface area contributed by atoms with Crippen molar-refractivity contribution in [3.63, 3.8) is 0 Å². The van der Waals surface area contributed by atoms with Crippen molar-refractivity contribution < 1.29 is 23.5 Å². The SMILES string of the molecule is O=C(CN(Cc1ccccc1)Cc1ccco1)NC(=O)Nc1ccc2c(c1)OCO2. The summed E-state index contributed by atoms with van der Waals surface area (Å²) in [6.45, 7) is 1.17. The van der Waals surface area contributed by atoms with Gasteiger partial charge in [-0.15, -0.1) is 0 Å². The number of amides is 3. The van der Waals surface area contributed by atoms with Crippen molar-refractivity contribution in [2.45, 2.75) is 13.1 Å². The molecule has 30 heavy (non-hydrogen) atoms. The molecule has 2 N–H and O–H groups in total. The summed E-state index contributed by atoms with van der Waals surface area (Å²) in [5, 5.41) is 4.99. The average molecular weight is 407 g/mol. The van der Waals surface area contributed by atoms with Crippen LogP contribution in [0.5, 0.6) is 11.5 Å². The van der Waals surface area contributed by atoms with Gasteiger partial charge in [-0.1, -0.05) is 30.3 Å². The third-order valence-electron chi connectivity index (χ3n) is 4.46. The Hall–Kier alpha value is -3.78. The smallest absolute Gasteiger partial charge is 0.325 e. The summed E-state index contributed by atoms with van der Waals surface area (Å²) in [7, 11) is 0. The molecule has 3 aromatic rings. The molecule has 3 amide bonds. The number of carbonyl (C=O) groups excluding carboxylic acids is 2. The number of fused-ring (bicyclic) bond motifs is 1. The molecule has 1 aromatic heterocycles. The van der Waals surface area contributed by atoms with Crippen molar-refractivity contribution in [2.75, 3.05) is 18.7 Å². The molecule has 154 valence electrons. The number of hydrogen-bond acceptors (Lipinski definition) is 6. The Morgan fingerprint density at radius 3 is 2.57 bits per heavy atom. The Kier molecular flexibility index (Phi) is 5.95. The van der Waals surface area contributed by atoms with Crippen LogP contribution >= 0.6 is 0 Å². The first kappa shape index (κ1) is 19.5. The lowest BCUT2D eigenvalue weighted by Crippen LogP contribution is -2.41. The number of nitrogens with one attached hydrogen (secondary N) is 2. The second-order valence-electron chi connectivity index (χ2n) is 6.78. The van der Waals surface area contributed by atoms with E-state index in [1.807, 2.05) is 41.3 Å². The lowest BCUT2D eigenvalue weighted by atomic mass is 10.2. The maximum absolute atomic E-state index is 12.5. The predicted octanol–water partition coefficient (Wildman–Crippen LogP) is 3.36. The Bertz CT molecular complexity index is 1000. The highest BCUT2D eigenvalue weighted by atomic mass is 16.7. The summed E-state index contributed by atoms with van der Waals surface area (Å²) in [5.74, 6) is 1.48. The van der Waals surface area contributed by atoms with E-state index in [2.05, 4.69) is 10.6 Å². The third kappa shape index (κ3) is 5.18. The van der Waals surface area contributed by atoms with Crippen molar-refractivity contribution >= 4 is 17.6 Å². The molecule has 2 heterocycles. The number of furan rings is 1. The molecular weight excluding hydrogens is 386 g/mol. The quantitative estimate of drug-likeness (QED) is 0.624. The maximum Gasteiger partial charge on any atom is 0.325 e. The number of benzene rings is 2. The zero-order valence-electron chi connectivity index (χ0n) is 16.2. The van der Waals surface area contributed by atoms with Gasteiger partial charge < -0.3 is 19.2 Å². The van der Waals surface area contributed by atoms with Crippen LogP contribution in [0, 0.1) is 0 Å². The van der Waals surface area contributed by atoms with E-state index in [0.29, 0.717) is 30.3 Å². The summed E-state index contributed by atoms with van der Waals surface area (Å²) in [6, 6.07) is 17.9. The molecule has 0 atom stereocenters. The molecule has 0 unspecified atom stereocenters. The van der Waals surface area contributed by atoms with Crippen LogP contribution in [-0.4, -0.2) is 30.2 Å². The zero-order chi connectivity index (χ0) is 20.8. The summed E-state index contributed by atoms with van der Waals surface area (Å²) >= 11 is 0. The van der Waals surface area contributed by atoms with Gasteiger partial charge in [-0.25, -0.2) is 4.79 Å². The molecular formula is C22H21N3O5. The molecule has 8 heteroatoms. The molecule has 8 nitrogen and oxygen atoms in total. The Balaban J connectivity index is 1.34. The Morgan fingerprint density at radius 2 is 1.77 bits per heavy atom. The van der Waals surface area contributed by atoms with Gasteiger partial charge in [-0.2, -0.15) is 0 Å². The fourth-order valence-electron chi connectivity index (χ4n) is 3.14. The minimum absolute atomic E-state index is 0.0319. The molecule has 1 aliphatic rings. The number of ether oxygens (including phenoxy) is 2. The van der Waals surface area contributed by atoms with Gasteiger partial charge in [0.15, 0.2) is 11.5 Å². The molecule has 0 fully saturated rings. The van der Waals surface area contributed by atoms with E-state index in [1.165, 1.54) is 0 Å². The molecule has 2 aromatic carbocycles. The van der Waals surface area contributed by atoms with Crippen molar-refractivity contribution in [1.29, 1.82) is 0 Å². The highest BCUT2D eigenvalue weighted by Crippen LogP contribution is 2.34. The van der Waals surface area contributed by atoms with E-state index in [4.69, 9.17) is 13.9 Å². The number of carbonyl (C=O) groups is 2. The van der Waals surface area contributed by atoms with Gasteiger partial charge in [-0.05, 0) is 29.8 Å². The molecule has 4 rings (SSSR count). The molecule has 1 aliphatic heterocycles. The van der Waals surface area contributed by atoms with Gasteiger partial charge in [-0.3, -0.25) is 15.0 Å². The highest BCUT2D eigenvalue weighted by molar-refractivity contribution is 6.01. The van der Waals surface area contributed by atoms with Crippen molar-refractivity contribution in [1.82, 2.24) is 10.2 Å². The first-order valence-corrected chi connectivity index (χ1v) is 9.45. The van der Waals surface area contributed by atoms with Crippen molar-refractivity contribution in [2.24, 2.45) is 0 Å². The van der Waals surface area contributed by atoms with Gasteiger partial charge in [0.1, 0.15) is 5.76 Å². The monoisotopic (exact) mass is 407 g/mol. The van der Waals surface area contributed by atoms with Crippen LogP contribution in [0.15, 0.2) is 71.3 Å². The van der Waals surface area contributed by atoms with Gasteiger partial charge in [0.05, 0.1) is 19.4 Å². The molecule has 0 saturated carbocycles. The van der Waals surface area contributed by atoms with Crippen LogP contribution in [0.25, 0.3) is 0 Å². The van der Waals surface area contributed by atoms with Gasteiger partial charge in [0, 0.05) is 18.3 Å². The number of urea groups is 1. The van der Waals surface area contributed by atoms with E-state index in [1.54, 1.807) is 30.5 Å².